The van der Waals surface area contributed by atoms with Crippen LogP contribution in [0, 0.1) is 11.6 Å². The van der Waals surface area contributed by atoms with E-state index >= 15 is 4.79 Å². The van der Waals surface area contributed by atoms with Gasteiger partial charge in [0.05, 0.1) is 11.1 Å². The summed E-state index contributed by atoms with van der Waals surface area (Å²) in [5.74, 6) is -5.17. The molecule has 81 heavy (non-hydrogen) atoms. The number of carbonyl (C=O) groups excluding carboxylic acids is 2. The maximum absolute atomic E-state index is 15.9. The van der Waals surface area contributed by atoms with Crippen LogP contribution < -0.4 is 29.1 Å². The number of hydrogen-bond acceptors (Lipinski definition) is 14. The van der Waals surface area contributed by atoms with Crippen molar-refractivity contribution in [3.63, 3.8) is 0 Å². The van der Waals surface area contributed by atoms with E-state index in [4.69, 9.17) is 51.8 Å². The number of rotatable bonds is 16. The highest BCUT2D eigenvalue weighted by atomic mass is 19.1. The SMILES string of the molecule is CC1(C)O[C@H]2[C@@H](O1)[C@@H](COC(=O)c1ccc(F)cc1)O[C@@H](Oc1c(-c3ccc4c(c3)OC(c3ccccc3)(c3ccccc3)O4)oc3cc(OCc4ccccc4)cc(OCc4ccccc4)c3c1=O)[C@@H]2OC(=O)c1ccc(F)cc1. The molecular weight excluding hydrogens is 1040 g/mol. The molecule has 9 aromatic rings. The van der Waals surface area contributed by atoms with Crippen molar-refractivity contribution in [1.29, 1.82) is 0 Å². The molecule has 0 unspecified atom stereocenters. The Bertz CT molecular complexity index is 3750. The third-order valence-electron chi connectivity index (χ3n) is 13.8. The van der Waals surface area contributed by atoms with Crippen molar-refractivity contribution in [3.8, 4) is 40.1 Å². The molecule has 4 heterocycles. The maximum Gasteiger partial charge on any atom is 0.338 e. The van der Waals surface area contributed by atoms with Crippen LogP contribution in [0.2, 0.25) is 0 Å². The standard InChI is InChI=1S/C65H50F2O14/c1-64(2)80-57-53(38-73-61(69)41-23-28-46(66)29-24-41)75-63(60(59(57)81-64)76-62(70)42-25-30-47(67)31-26-42)77-58-55(68)54-51(72-37-40-17-9-4-10-18-40)34-48(71-36-39-15-7-3-8-16-39)35-52(54)74-56(58)43-27-32-49-50(33-43)79-65(78-49,44-19-11-5-12-20-44)45-21-13-6-14-22-45/h3-35,53,57,59-60,63H,36-38H2,1-2H3/t53-,57+,59+,60-,63+/m1/s1. The smallest absolute Gasteiger partial charge is 0.338 e. The van der Waals surface area contributed by atoms with E-state index in [-0.39, 0.29) is 58.1 Å². The van der Waals surface area contributed by atoms with Crippen LogP contribution in [0.1, 0.15) is 56.8 Å². The van der Waals surface area contributed by atoms with Gasteiger partial charge in [-0.1, -0.05) is 121 Å². The molecule has 16 heteroatoms. The zero-order chi connectivity index (χ0) is 55.7. The fourth-order valence-electron chi connectivity index (χ4n) is 9.99. The summed E-state index contributed by atoms with van der Waals surface area (Å²) in [5, 5.41) is -0.0513. The first-order chi connectivity index (χ1) is 39.4. The lowest BCUT2D eigenvalue weighted by molar-refractivity contribution is -0.253. The van der Waals surface area contributed by atoms with Crippen molar-refractivity contribution in [1.82, 2.24) is 0 Å². The molecule has 2 saturated heterocycles. The highest BCUT2D eigenvalue weighted by molar-refractivity contribution is 5.91. The molecule has 0 aliphatic carbocycles. The molecule has 12 rings (SSSR count). The lowest BCUT2D eigenvalue weighted by atomic mass is 9.97. The molecule has 0 radical (unpaired) electrons. The second-order valence-corrected chi connectivity index (χ2v) is 19.9. The van der Waals surface area contributed by atoms with E-state index in [0.717, 1.165) is 35.4 Å². The highest BCUT2D eigenvalue weighted by Gasteiger charge is 2.58. The fraction of sp³-hybridized carbons (Fsp3) is 0.185. The van der Waals surface area contributed by atoms with Gasteiger partial charge in [0.25, 0.3) is 0 Å². The quantitative estimate of drug-likeness (QED) is 0.0842. The first kappa shape index (κ1) is 52.4. The summed E-state index contributed by atoms with van der Waals surface area (Å²) in [4.78, 5) is 43.5. The van der Waals surface area contributed by atoms with E-state index in [0.29, 0.717) is 22.6 Å². The van der Waals surface area contributed by atoms with Gasteiger partial charge < -0.3 is 51.8 Å². The summed E-state index contributed by atoms with van der Waals surface area (Å²) >= 11 is 0. The van der Waals surface area contributed by atoms with Gasteiger partial charge in [-0.05, 0) is 91.7 Å². The van der Waals surface area contributed by atoms with Crippen molar-refractivity contribution in [2.24, 2.45) is 0 Å². The zero-order valence-corrected chi connectivity index (χ0v) is 43.5. The van der Waals surface area contributed by atoms with Gasteiger partial charge in [0.2, 0.25) is 17.5 Å². The molecule has 0 spiro atoms. The van der Waals surface area contributed by atoms with Crippen molar-refractivity contribution in [2.45, 2.75) is 69.3 Å². The van der Waals surface area contributed by atoms with Crippen LogP contribution in [0.4, 0.5) is 8.78 Å². The lowest BCUT2D eigenvalue weighted by Crippen LogP contribution is -2.60. The molecule has 1 aromatic heterocycles. The molecule has 0 bridgehead atoms. The van der Waals surface area contributed by atoms with E-state index in [1.165, 1.54) is 24.3 Å². The first-order valence-corrected chi connectivity index (χ1v) is 26.1. The van der Waals surface area contributed by atoms with Gasteiger partial charge in [-0.2, -0.15) is 0 Å². The minimum Gasteiger partial charge on any atom is -0.489 e. The first-order valence-electron chi connectivity index (χ1n) is 26.1. The molecule has 0 saturated carbocycles. The van der Waals surface area contributed by atoms with Gasteiger partial charge in [0, 0.05) is 28.8 Å². The summed E-state index contributed by atoms with van der Waals surface area (Å²) in [6, 6.07) is 55.5. The van der Waals surface area contributed by atoms with Crippen LogP contribution in [-0.4, -0.2) is 55.0 Å². The Hall–Kier alpha value is -9.35. The van der Waals surface area contributed by atoms with Crippen LogP contribution in [0.5, 0.6) is 28.7 Å². The normalized spacial score (nSPS) is 19.3. The molecular formula is C65H50F2O14. The largest absolute Gasteiger partial charge is 0.489 e. The Morgan fingerprint density at radius 3 is 1.77 bits per heavy atom. The van der Waals surface area contributed by atoms with E-state index in [2.05, 4.69) is 0 Å². The molecule has 0 N–H and O–H groups in total. The predicted octanol–water partition coefficient (Wildman–Crippen LogP) is 12.3. The van der Waals surface area contributed by atoms with Gasteiger partial charge in [0.15, 0.2) is 29.2 Å². The zero-order valence-electron chi connectivity index (χ0n) is 43.5. The van der Waals surface area contributed by atoms with E-state index in [9.17, 15) is 18.4 Å². The maximum atomic E-state index is 15.9. The predicted molar refractivity (Wildman–Crippen MR) is 290 cm³/mol. The summed E-state index contributed by atoms with van der Waals surface area (Å²) in [7, 11) is 0. The molecule has 5 atom stereocenters. The van der Waals surface area contributed by atoms with Gasteiger partial charge in [-0.15, -0.1) is 0 Å². The summed E-state index contributed by atoms with van der Waals surface area (Å²) in [5.41, 5.74) is 2.67. The van der Waals surface area contributed by atoms with Crippen LogP contribution >= 0.6 is 0 Å². The molecule has 3 aliphatic heterocycles. The monoisotopic (exact) mass is 1090 g/mol. The Morgan fingerprint density at radius 2 is 1.15 bits per heavy atom. The number of benzene rings is 8. The minimum atomic E-state index is -1.76. The van der Waals surface area contributed by atoms with Crippen LogP contribution in [0.3, 0.4) is 0 Å². The Labute approximate surface area is 462 Å². The molecule has 0 amide bonds. The topological polar surface area (TPSA) is 157 Å². The number of carbonyl (C=O) groups is 2. The number of fused-ring (bicyclic) bond motifs is 3. The van der Waals surface area contributed by atoms with Gasteiger partial charge in [-0.25, -0.2) is 18.4 Å². The summed E-state index contributed by atoms with van der Waals surface area (Å²) in [6.07, 6.45) is -6.82. The van der Waals surface area contributed by atoms with Crippen molar-refractivity contribution < 1.29 is 70.2 Å². The molecule has 14 nitrogen and oxygen atoms in total. The Morgan fingerprint density at radius 1 is 0.593 bits per heavy atom. The van der Waals surface area contributed by atoms with Gasteiger partial charge >= 0.3 is 17.7 Å². The third-order valence-corrected chi connectivity index (χ3v) is 13.8. The van der Waals surface area contributed by atoms with Crippen molar-refractivity contribution in [3.05, 3.63) is 255 Å². The summed E-state index contributed by atoms with van der Waals surface area (Å²) < 4.78 is 99.9. The summed E-state index contributed by atoms with van der Waals surface area (Å²) in [6.45, 7) is 2.98. The Kier molecular flexibility index (Phi) is 14.3. The highest BCUT2D eigenvalue weighted by Crippen LogP contribution is 2.50. The minimum absolute atomic E-state index is 0.0286. The van der Waals surface area contributed by atoms with Crippen molar-refractivity contribution in [2.75, 3.05) is 6.61 Å². The van der Waals surface area contributed by atoms with Crippen LogP contribution in [0.15, 0.2) is 209 Å². The fourth-order valence-corrected chi connectivity index (χ4v) is 9.99. The molecule has 3 aliphatic rings. The van der Waals surface area contributed by atoms with E-state index in [1.54, 1.807) is 44.2 Å². The van der Waals surface area contributed by atoms with Crippen LogP contribution in [-0.2, 0) is 42.7 Å². The third kappa shape index (κ3) is 10.9. The molecule has 2 fully saturated rings. The van der Waals surface area contributed by atoms with Gasteiger partial charge in [0.1, 0.15) is 72.2 Å². The van der Waals surface area contributed by atoms with Crippen molar-refractivity contribution >= 4 is 22.9 Å². The average molecular weight is 1090 g/mol. The Balaban J connectivity index is 1.01. The van der Waals surface area contributed by atoms with Crippen LogP contribution in [0.25, 0.3) is 22.3 Å². The van der Waals surface area contributed by atoms with E-state index < -0.39 is 83.6 Å². The number of hydrogen-bond donors (Lipinski definition) is 0. The lowest BCUT2D eigenvalue weighted by Gasteiger charge is -2.41. The average Bonchev–Trinajstić information content (AvgIpc) is 4.31. The second kappa shape index (κ2) is 22.1. The number of ether oxygens (including phenoxy) is 10. The molecule has 408 valence electrons. The number of halogens is 2. The molecule has 8 aromatic carbocycles. The number of esters is 2. The van der Waals surface area contributed by atoms with Gasteiger partial charge in [-0.3, -0.25) is 4.79 Å². The second-order valence-electron chi connectivity index (χ2n) is 19.9. The van der Waals surface area contributed by atoms with E-state index in [1.807, 2.05) is 121 Å².